The highest BCUT2D eigenvalue weighted by Crippen LogP contribution is 2.40. The van der Waals surface area contributed by atoms with Crippen LogP contribution < -0.4 is 14.8 Å². The van der Waals surface area contributed by atoms with Gasteiger partial charge in [-0.15, -0.1) is 0 Å². The smallest absolute Gasteiger partial charge is 0.416 e. The van der Waals surface area contributed by atoms with E-state index in [1.54, 1.807) is 29.2 Å². The maximum atomic E-state index is 13.5. The number of carbonyl (C=O) groups excluding carboxylic acids is 2. The summed E-state index contributed by atoms with van der Waals surface area (Å²) in [6.07, 6.45) is -0.974. The van der Waals surface area contributed by atoms with Gasteiger partial charge in [0.15, 0.2) is 0 Å². The van der Waals surface area contributed by atoms with Crippen LogP contribution in [0.1, 0.15) is 29.3 Å². The van der Waals surface area contributed by atoms with Crippen LogP contribution in [0.15, 0.2) is 66.7 Å². The molecule has 3 aromatic carbocycles. The number of alkyl carbamates (subject to hydrolysis) is 1. The lowest BCUT2D eigenvalue weighted by atomic mass is 9.92. The number of hydrogen-bond donors (Lipinski definition) is 3. The number of nitrogens with zero attached hydrogens (tertiary/aromatic N) is 1. The number of halogens is 2. The molecule has 1 aliphatic heterocycles. The predicted octanol–water partition coefficient (Wildman–Crippen LogP) is 6.12. The second-order valence-corrected chi connectivity index (χ2v) is 11.1. The van der Waals surface area contributed by atoms with E-state index in [0.29, 0.717) is 47.5 Å². The van der Waals surface area contributed by atoms with Gasteiger partial charge in [-0.3, -0.25) is 4.90 Å². The van der Waals surface area contributed by atoms with Gasteiger partial charge in [0.1, 0.15) is 24.1 Å². The second kappa shape index (κ2) is 14.7. The van der Waals surface area contributed by atoms with Crippen LogP contribution >= 0.6 is 23.2 Å². The van der Waals surface area contributed by atoms with Crippen LogP contribution in [0.4, 0.5) is 9.59 Å². The third-order valence-corrected chi connectivity index (χ3v) is 7.75. The first-order chi connectivity index (χ1) is 21.3. The predicted molar refractivity (Wildman–Crippen MR) is 167 cm³/mol. The molecule has 44 heavy (non-hydrogen) atoms. The van der Waals surface area contributed by atoms with Crippen LogP contribution in [0.25, 0.3) is 10.9 Å². The van der Waals surface area contributed by atoms with Crippen molar-refractivity contribution in [2.75, 3.05) is 40.0 Å². The molecule has 0 saturated carbocycles. The van der Waals surface area contributed by atoms with E-state index in [2.05, 4.69) is 10.3 Å². The number of fused-ring (bicyclic) bond motifs is 3. The molecule has 0 aliphatic carbocycles. The van der Waals surface area contributed by atoms with Crippen LogP contribution in [0, 0.1) is 0 Å². The van der Waals surface area contributed by atoms with E-state index in [9.17, 15) is 14.7 Å². The Kier molecular flexibility index (Phi) is 10.5. The van der Waals surface area contributed by atoms with Crippen molar-refractivity contribution in [1.82, 2.24) is 15.2 Å². The quantitative estimate of drug-likeness (QED) is 0.169. The zero-order chi connectivity index (χ0) is 31.1. The molecule has 5 rings (SSSR count). The minimum atomic E-state index is -0.805. The Balaban J connectivity index is 1.28. The normalized spacial score (nSPS) is 15.0. The highest BCUT2D eigenvalue weighted by atomic mass is 35.5. The number of benzene rings is 3. The van der Waals surface area contributed by atoms with Crippen molar-refractivity contribution in [3.63, 3.8) is 0 Å². The molecule has 12 heteroatoms. The number of aromatic nitrogens is 1. The molecule has 0 radical (unpaired) electrons. The summed E-state index contributed by atoms with van der Waals surface area (Å²) < 4.78 is 21.3. The average Bonchev–Trinajstić information content (AvgIpc) is 3.39. The fourth-order valence-electron chi connectivity index (χ4n) is 5.10. The number of amides is 2. The summed E-state index contributed by atoms with van der Waals surface area (Å²) in [5, 5.41) is 14.9. The van der Waals surface area contributed by atoms with Crippen molar-refractivity contribution in [1.29, 1.82) is 0 Å². The fourth-order valence-corrected chi connectivity index (χ4v) is 5.40. The van der Waals surface area contributed by atoms with E-state index >= 15 is 0 Å². The van der Waals surface area contributed by atoms with Gasteiger partial charge in [0.25, 0.3) is 0 Å². The van der Waals surface area contributed by atoms with Crippen molar-refractivity contribution in [3.8, 4) is 11.5 Å². The molecule has 2 atom stereocenters. The zero-order valence-electron chi connectivity index (χ0n) is 24.1. The molecule has 232 valence electrons. The van der Waals surface area contributed by atoms with Crippen molar-refractivity contribution < 1.29 is 33.6 Å². The van der Waals surface area contributed by atoms with Crippen molar-refractivity contribution in [2.24, 2.45) is 0 Å². The molecule has 3 N–H and O–H groups in total. The van der Waals surface area contributed by atoms with E-state index in [4.69, 9.17) is 42.1 Å². The largest absolute Gasteiger partial charge is 0.493 e. The van der Waals surface area contributed by atoms with E-state index < -0.39 is 24.3 Å². The average molecular weight is 643 g/mol. The minimum Gasteiger partial charge on any atom is -0.493 e. The van der Waals surface area contributed by atoms with Crippen molar-refractivity contribution >= 4 is 46.3 Å². The number of rotatable bonds is 11. The van der Waals surface area contributed by atoms with Crippen molar-refractivity contribution in [3.05, 3.63) is 93.6 Å². The molecule has 2 unspecified atom stereocenters. The highest BCUT2D eigenvalue weighted by molar-refractivity contribution is 6.31. The van der Waals surface area contributed by atoms with Crippen LogP contribution in [-0.2, 0) is 15.9 Å². The maximum absolute atomic E-state index is 13.5. The third-order valence-electron chi connectivity index (χ3n) is 7.26. The third kappa shape index (κ3) is 7.75. The number of carbonyl (C=O) groups is 2. The van der Waals surface area contributed by atoms with Gasteiger partial charge in [0, 0.05) is 53.3 Å². The molecule has 4 aromatic rings. The highest BCUT2D eigenvalue weighted by Gasteiger charge is 2.35. The first-order valence-electron chi connectivity index (χ1n) is 14.2. The summed E-state index contributed by atoms with van der Waals surface area (Å²) in [6.45, 7) is 1.14. The molecule has 0 saturated heterocycles. The van der Waals surface area contributed by atoms with Crippen LogP contribution in [0.5, 0.6) is 11.5 Å². The molecule has 2 heterocycles. The fraction of sp³-hybridized carbons (Fsp3) is 0.312. The summed E-state index contributed by atoms with van der Waals surface area (Å²) in [5.74, 6) is 0.999. The van der Waals surface area contributed by atoms with E-state index in [1.807, 2.05) is 42.5 Å². The molecule has 0 bridgehead atoms. The molecule has 0 fully saturated rings. The SMILES string of the molecule is COCCOC(=O)NCC(O)CCOc1ccc(C2c3[nH]c4ccc(Cl)cc4c3CCN2C(=O)Oc2ccc(Cl)cc2)cc1. The summed E-state index contributed by atoms with van der Waals surface area (Å²) in [6, 6.07) is 19.4. The molecule has 1 aliphatic rings. The molecule has 1 aromatic heterocycles. The zero-order valence-corrected chi connectivity index (χ0v) is 25.6. The second-order valence-electron chi connectivity index (χ2n) is 10.2. The van der Waals surface area contributed by atoms with Crippen LogP contribution in [-0.4, -0.2) is 73.3 Å². The lowest BCUT2D eigenvalue weighted by Gasteiger charge is -2.35. The van der Waals surface area contributed by atoms with E-state index in [-0.39, 0.29) is 19.8 Å². The Morgan fingerprint density at radius 2 is 1.73 bits per heavy atom. The van der Waals surface area contributed by atoms with Gasteiger partial charge >= 0.3 is 12.2 Å². The number of ether oxygens (including phenoxy) is 4. The number of aliphatic hydroxyl groups is 1. The first kappa shape index (κ1) is 31.5. The monoisotopic (exact) mass is 641 g/mol. The van der Waals surface area contributed by atoms with Gasteiger partial charge < -0.3 is 34.4 Å². The van der Waals surface area contributed by atoms with Crippen LogP contribution in [0.2, 0.25) is 10.0 Å². The standard InChI is InChI=1S/C32H33Cl2N3O7/c1-41-16-17-43-31(39)35-19-23(38)13-15-42-24-7-2-20(3-8-24)30-29-26(27-18-22(34)6-11-28(27)36-29)12-14-37(30)32(40)44-25-9-4-21(33)5-10-25/h2-11,18,23,30,36,38H,12-17,19H2,1H3,(H,35,39). The Morgan fingerprint density at radius 3 is 2.48 bits per heavy atom. The lowest BCUT2D eigenvalue weighted by Crippen LogP contribution is -2.42. The van der Waals surface area contributed by atoms with Crippen LogP contribution in [0.3, 0.4) is 0 Å². The van der Waals surface area contributed by atoms with Gasteiger partial charge in [-0.25, -0.2) is 9.59 Å². The van der Waals surface area contributed by atoms with Gasteiger partial charge in [0.05, 0.1) is 19.3 Å². The van der Waals surface area contributed by atoms with Crippen molar-refractivity contribution in [2.45, 2.75) is 25.0 Å². The Bertz CT molecular complexity index is 1580. The number of methoxy groups -OCH3 is 1. The van der Waals surface area contributed by atoms with Gasteiger partial charge in [-0.05, 0) is 72.1 Å². The van der Waals surface area contributed by atoms with Gasteiger partial charge in [0.2, 0.25) is 0 Å². The first-order valence-corrected chi connectivity index (χ1v) is 14.9. The Hall–Kier alpha value is -3.96. The van der Waals surface area contributed by atoms with Gasteiger partial charge in [-0.2, -0.15) is 0 Å². The molecule has 10 nitrogen and oxygen atoms in total. The van der Waals surface area contributed by atoms with E-state index in [1.165, 1.54) is 7.11 Å². The van der Waals surface area contributed by atoms with E-state index in [0.717, 1.165) is 27.7 Å². The minimum absolute atomic E-state index is 0.0375. The number of hydrogen-bond acceptors (Lipinski definition) is 7. The number of aliphatic hydroxyl groups excluding tert-OH is 1. The number of aromatic amines is 1. The molecule has 2 amide bonds. The molecular weight excluding hydrogens is 609 g/mol. The Morgan fingerprint density at radius 1 is 1.00 bits per heavy atom. The topological polar surface area (TPSA) is 122 Å². The number of H-pyrrole nitrogens is 1. The summed E-state index contributed by atoms with van der Waals surface area (Å²) >= 11 is 12.3. The molecule has 0 spiro atoms. The molecular formula is C32H33Cl2N3O7. The maximum Gasteiger partial charge on any atom is 0.416 e. The van der Waals surface area contributed by atoms with Gasteiger partial charge in [-0.1, -0.05) is 35.3 Å². The summed E-state index contributed by atoms with van der Waals surface area (Å²) in [5.41, 5.74) is 3.80. The summed E-state index contributed by atoms with van der Waals surface area (Å²) in [4.78, 5) is 30.3. The number of nitrogens with one attached hydrogen (secondary N) is 2. The summed E-state index contributed by atoms with van der Waals surface area (Å²) in [7, 11) is 1.51. The lowest BCUT2D eigenvalue weighted by molar-refractivity contribution is 0.0910. The Labute approximate surface area is 264 Å².